The summed E-state index contributed by atoms with van der Waals surface area (Å²) in [5.41, 5.74) is 2.88. The minimum atomic E-state index is -0.797. The molecule has 1 fully saturated rings. The highest BCUT2D eigenvalue weighted by molar-refractivity contribution is 6.46. The molecule has 1 saturated heterocycles. The molecule has 4 rings (SSSR count). The quantitative estimate of drug-likeness (QED) is 0.137. The molecule has 6 heteroatoms. The molecule has 5 nitrogen and oxygen atoms in total. The molecule has 1 atom stereocenters. The fourth-order valence-corrected chi connectivity index (χ4v) is 4.75. The van der Waals surface area contributed by atoms with Gasteiger partial charge in [-0.25, -0.2) is 4.39 Å². The highest BCUT2D eigenvalue weighted by Crippen LogP contribution is 2.41. The van der Waals surface area contributed by atoms with Crippen LogP contribution in [0.4, 0.5) is 4.39 Å². The van der Waals surface area contributed by atoms with E-state index in [1.165, 1.54) is 17.0 Å². The molecule has 1 heterocycles. The van der Waals surface area contributed by atoms with Gasteiger partial charge >= 0.3 is 0 Å². The first kappa shape index (κ1) is 28.1. The number of nitrogens with zero attached hydrogens (tertiary/aromatic N) is 1. The van der Waals surface area contributed by atoms with E-state index in [1.807, 2.05) is 24.3 Å². The number of ketones is 1. The van der Waals surface area contributed by atoms with Gasteiger partial charge in [-0.3, -0.25) is 9.59 Å². The van der Waals surface area contributed by atoms with Crippen LogP contribution in [-0.2, 0) is 21.5 Å². The first-order chi connectivity index (χ1) is 18.6. The molecule has 1 N–H and O–H groups in total. The number of ether oxygens (including phenoxy) is 1. The average Bonchev–Trinajstić information content (AvgIpc) is 3.17. The second-order valence-electron chi connectivity index (χ2n) is 11.0. The predicted molar refractivity (Wildman–Crippen MR) is 151 cm³/mol. The lowest BCUT2D eigenvalue weighted by Crippen LogP contribution is -2.29. The van der Waals surface area contributed by atoms with Crippen LogP contribution in [-0.4, -0.2) is 28.3 Å². The van der Waals surface area contributed by atoms with E-state index in [-0.39, 0.29) is 29.1 Å². The molecule has 1 aliphatic heterocycles. The third kappa shape index (κ3) is 6.39. The minimum Gasteiger partial charge on any atom is -0.507 e. The van der Waals surface area contributed by atoms with Crippen LogP contribution in [0.5, 0.6) is 5.75 Å². The number of hydrogen-bond acceptors (Lipinski definition) is 4. The van der Waals surface area contributed by atoms with Crippen molar-refractivity contribution in [2.75, 3.05) is 6.61 Å². The van der Waals surface area contributed by atoms with Crippen LogP contribution < -0.4 is 4.74 Å². The molecule has 1 unspecified atom stereocenters. The van der Waals surface area contributed by atoms with Crippen LogP contribution in [0.25, 0.3) is 5.76 Å². The number of likely N-dealkylation sites (tertiary alicyclic amines) is 1. The zero-order valence-corrected chi connectivity index (χ0v) is 23.0. The summed E-state index contributed by atoms with van der Waals surface area (Å²) in [5, 5.41) is 11.4. The smallest absolute Gasteiger partial charge is 0.295 e. The van der Waals surface area contributed by atoms with Crippen molar-refractivity contribution in [3.05, 3.63) is 106 Å². The second kappa shape index (κ2) is 11.9. The van der Waals surface area contributed by atoms with Gasteiger partial charge in [0.05, 0.1) is 18.2 Å². The van der Waals surface area contributed by atoms with Crippen LogP contribution in [0.15, 0.2) is 78.4 Å². The Morgan fingerprint density at radius 2 is 1.56 bits per heavy atom. The lowest BCUT2D eigenvalue weighted by molar-refractivity contribution is -0.140. The molecule has 3 aromatic carbocycles. The first-order valence-corrected chi connectivity index (χ1v) is 13.5. The van der Waals surface area contributed by atoms with Gasteiger partial charge in [-0.1, -0.05) is 76.9 Å². The molecule has 204 valence electrons. The fourth-order valence-electron chi connectivity index (χ4n) is 4.75. The van der Waals surface area contributed by atoms with Gasteiger partial charge in [0, 0.05) is 12.1 Å². The van der Waals surface area contributed by atoms with E-state index >= 15 is 0 Å². The van der Waals surface area contributed by atoms with Crippen molar-refractivity contribution in [1.82, 2.24) is 4.90 Å². The summed E-state index contributed by atoms with van der Waals surface area (Å²) in [6.07, 6.45) is 3.16. The SMILES string of the molecule is CCCCCOc1ccc(/C(O)=C2/C(=O)C(=O)N(Cc3ccc(F)cc3)C2c2ccc(C(C)(C)C)cc2)cc1. The van der Waals surface area contributed by atoms with Crippen molar-refractivity contribution in [2.24, 2.45) is 0 Å². The normalized spacial score (nSPS) is 17.1. The number of carbonyl (C=O) groups excluding carboxylic acids is 2. The van der Waals surface area contributed by atoms with Crippen molar-refractivity contribution in [3.63, 3.8) is 0 Å². The number of amides is 1. The molecule has 0 radical (unpaired) electrons. The number of hydrogen-bond donors (Lipinski definition) is 1. The van der Waals surface area contributed by atoms with Crippen molar-refractivity contribution < 1.29 is 23.8 Å². The van der Waals surface area contributed by atoms with Gasteiger partial charge < -0.3 is 14.7 Å². The topological polar surface area (TPSA) is 66.8 Å². The summed E-state index contributed by atoms with van der Waals surface area (Å²) < 4.78 is 19.3. The molecule has 0 saturated carbocycles. The Morgan fingerprint density at radius 1 is 0.923 bits per heavy atom. The Balaban J connectivity index is 1.73. The lowest BCUT2D eigenvalue weighted by atomic mass is 9.85. The Bertz CT molecular complexity index is 1340. The number of halogens is 1. The maximum atomic E-state index is 13.5. The largest absolute Gasteiger partial charge is 0.507 e. The third-order valence-corrected chi connectivity index (χ3v) is 7.04. The van der Waals surface area contributed by atoms with Crippen LogP contribution >= 0.6 is 0 Å². The molecule has 1 amide bonds. The molecule has 0 aliphatic carbocycles. The third-order valence-electron chi connectivity index (χ3n) is 7.04. The average molecular weight is 530 g/mol. The highest BCUT2D eigenvalue weighted by Gasteiger charge is 2.46. The van der Waals surface area contributed by atoms with Gasteiger partial charge in [0.2, 0.25) is 0 Å². The predicted octanol–water partition coefficient (Wildman–Crippen LogP) is 7.31. The number of rotatable bonds is 9. The maximum Gasteiger partial charge on any atom is 0.295 e. The highest BCUT2D eigenvalue weighted by atomic mass is 19.1. The molecule has 0 aromatic heterocycles. The van der Waals surface area contributed by atoms with Gasteiger partial charge in [0.1, 0.15) is 17.3 Å². The summed E-state index contributed by atoms with van der Waals surface area (Å²) >= 11 is 0. The summed E-state index contributed by atoms with van der Waals surface area (Å²) in [7, 11) is 0. The van der Waals surface area contributed by atoms with E-state index in [0.717, 1.165) is 24.8 Å². The molecule has 0 bridgehead atoms. The van der Waals surface area contributed by atoms with Crippen molar-refractivity contribution in [3.8, 4) is 5.75 Å². The first-order valence-electron chi connectivity index (χ1n) is 13.5. The van der Waals surface area contributed by atoms with E-state index < -0.39 is 17.7 Å². The summed E-state index contributed by atoms with van der Waals surface area (Å²) in [6.45, 7) is 9.17. The van der Waals surface area contributed by atoms with Crippen molar-refractivity contribution in [2.45, 2.75) is 65.0 Å². The number of unbranched alkanes of at least 4 members (excludes halogenated alkanes) is 2. The molecule has 0 spiro atoms. The van der Waals surface area contributed by atoms with Crippen molar-refractivity contribution in [1.29, 1.82) is 0 Å². The van der Waals surface area contributed by atoms with E-state index in [9.17, 15) is 19.1 Å². The van der Waals surface area contributed by atoms with E-state index in [4.69, 9.17) is 4.74 Å². The Kier molecular flexibility index (Phi) is 8.54. The van der Waals surface area contributed by atoms with E-state index in [2.05, 4.69) is 27.7 Å². The van der Waals surface area contributed by atoms with Crippen LogP contribution in [0.3, 0.4) is 0 Å². The molecular formula is C33H36FNO4. The standard InChI is InChI=1S/C33H36FNO4/c1-5-6-7-20-39-27-18-12-24(13-19-27)30(36)28-29(23-10-14-25(15-11-23)33(2,3)4)35(32(38)31(28)37)21-22-8-16-26(34)17-9-22/h8-19,29,36H,5-7,20-21H2,1-4H3/b30-28-. The van der Waals surface area contributed by atoms with Gasteiger partial charge in [0.15, 0.2) is 0 Å². The van der Waals surface area contributed by atoms with Crippen LogP contribution in [0.1, 0.15) is 75.3 Å². The van der Waals surface area contributed by atoms with Gasteiger partial charge in [-0.2, -0.15) is 0 Å². The number of Topliss-reactive ketones (excluding diaryl/α,β-unsaturated/α-hetero) is 1. The van der Waals surface area contributed by atoms with E-state index in [0.29, 0.717) is 29.0 Å². The zero-order valence-electron chi connectivity index (χ0n) is 23.0. The summed E-state index contributed by atoms with van der Waals surface area (Å²) in [5.74, 6) is -1.40. The van der Waals surface area contributed by atoms with Gasteiger partial charge in [-0.15, -0.1) is 0 Å². The van der Waals surface area contributed by atoms with Crippen LogP contribution in [0, 0.1) is 5.82 Å². The van der Waals surface area contributed by atoms with Gasteiger partial charge in [-0.05, 0) is 64.9 Å². The van der Waals surface area contributed by atoms with Crippen LogP contribution in [0.2, 0.25) is 0 Å². The Hall–Kier alpha value is -3.93. The second-order valence-corrected chi connectivity index (χ2v) is 11.0. The summed E-state index contributed by atoms with van der Waals surface area (Å²) in [4.78, 5) is 28.1. The number of carbonyl (C=O) groups is 2. The molecule has 1 aliphatic rings. The van der Waals surface area contributed by atoms with Crippen molar-refractivity contribution >= 4 is 17.4 Å². The molecular weight excluding hydrogens is 493 g/mol. The maximum absolute atomic E-state index is 13.5. The fraction of sp³-hybridized carbons (Fsp3) is 0.333. The lowest BCUT2D eigenvalue weighted by Gasteiger charge is -2.26. The molecule has 3 aromatic rings. The Morgan fingerprint density at radius 3 is 2.15 bits per heavy atom. The minimum absolute atomic E-state index is 0.0298. The molecule has 39 heavy (non-hydrogen) atoms. The van der Waals surface area contributed by atoms with Gasteiger partial charge in [0.25, 0.3) is 11.7 Å². The number of benzene rings is 3. The zero-order chi connectivity index (χ0) is 28.2. The summed E-state index contributed by atoms with van der Waals surface area (Å²) in [6, 6.07) is 19.7. The Labute approximate surface area is 229 Å². The monoisotopic (exact) mass is 529 g/mol. The number of aliphatic hydroxyl groups excluding tert-OH is 1. The number of aliphatic hydroxyl groups is 1. The van der Waals surface area contributed by atoms with E-state index in [1.54, 1.807) is 36.4 Å².